The van der Waals surface area contributed by atoms with E-state index in [-0.39, 0.29) is 12.5 Å². The lowest BCUT2D eigenvalue weighted by Gasteiger charge is -2.13. The van der Waals surface area contributed by atoms with Gasteiger partial charge in [0, 0.05) is 26.6 Å². The van der Waals surface area contributed by atoms with Gasteiger partial charge in [0.1, 0.15) is 24.2 Å². The molecule has 0 aliphatic rings. The van der Waals surface area contributed by atoms with Crippen LogP contribution in [0.2, 0.25) is 0 Å². The maximum absolute atomic E-state index is 11.0. The van der Waals surface area contributed by atoms with Crippen molar-refractivity contribution in [3.05, 3.63) is 24.3 Å². The monoisotopic (exact) mass is 282 g/mol. The zero-order chi connectivity index (χ0) is 14.8. The fourth-order valence-electron chi connectivity index (χ4n) is 1.52. The van der Waals surface area contributed by atoms with Crippen molar-refractivity contribution < 1.29 is 19.4 Å². The van der Waals surface area contributed by atoms with Crippen LogP contribution in [0, 0.1) is 0 Å². The van der Waals surface area contributed by atoms with Gasteiger partial charge in [-0.25, -0.2) is 0 Å². The van der Waals surface area contributed by atoms with Crippen molar-refractivity contribution in [3.63, 3.8) is 0 Å². The summed E-state index contributed by atoms with van der Waals surface area (Å²) >= 11 is 0. The molecule has 20 heavy (non-hydrogen) atoms. The SMILES string of the molecule is CNC(=O)CCNCC(O)COc1ccc(OC)cc1. The highest BCUT2D eigenvalue weighted by atomic mass is 16.5. The van der Waals surface area contributed by atoms with Crippen molar-refractivity contribution in [3.8, 4) is 11.5 Å². The Labute approximate surface area is 119 Å². The van der Waals surface area contributed by atoms with Gasteiger partial charge in [-0.15, -0.1) is 0 Å². The number of rotatable bonds is 9. The second-order valence-electron chi connectivity index (χ2n) is 4.27. The molecule has 112 valence electrons. The van der Waals surface area contributed by atoms with Gasteiger partial charge in [0.05, 0.1) is 7.11 Å². The Bertz CT molecular complexity index is 395. The van der Waals surface area contributed by atoms with Gasteiger partial charge in [0.15, 0.2) is 0 Å². The van der Waals surface area contributed by atoms with Crippen LogP contribution in [0.1, 0.15) is 6.42 Å². The van der Waals surface area contributed by atoms with Gasteiger partial charge in [-0.2, -0.15) is 0 Å². The van der Waals surface area contributed by atoms with Crippen LogP contribution in [0.4, 0.5) is 0 Å². The number of aliphatic hydroxyl groups is 1. The molecule has 1 rings (SSSR count). The van der Waals surface area contributed by atoms with Crippen LogP contribution >= 0.6 is 0 Å². The normalized spacial score (nSPS) is 11.8. The maximum atomic E-state index is 11.0. The van der Waals surface area contributed by atoms with Crippen LogP contribution in [0.5, 0.6) is 11.5 Å². The Kier molecular flexibility index (Phi) is 7.46. The summed E-state index contributed by atoms with van der Waals surface area (Å²) < 4.78 is 10.5. The summed E-state index contributed by atoms with van der Waals surface area (Å²) in [6, 6.07) is 7.15. The lowest BCUT2D eigenvalue weighted by molar-refractivity contribution is -0.120. The first-order chi connectivity index (χ1) is 9.65. The Hall–Kier alpha value is -1.79. The third-order valence-corrected chi connectivity index (χ3v) is 2.69. The van der Waals surface area contributed by atoms with Crippen molar-refractivity contribution in [1.29, 1.82) is 0 Å². The number of nitrogens with one attached hydrogen (secondary N) is 2. The number of aliphatic hydroxyl groups excluding tert-OH is 1. The van der Waals surface area contributed by atoms with E-state index in [0.29, 0.717) is 25.3 Å². The van der Waals surface area contributed by atoms with Crippen molar-refractivity contribution in [2.75, 3.05) is 33.9 Å². The molecule has 0 heterocycles. The first kappa shape index (κ1) is 16.3. The number of ether oxygens (including phenoxy) is 2. The molecule has 0 aromatic heterocycles. The lowest BCUT2D eigenvalue weighted by atomic mass is 10.3. The highest BCUT2D eigenvalue weighted by molar-refractivity contribution is 5.75. The van der Waals surface area contributed by atoms with Crippen molar-refractivity contribution in [2.45, 2.75) is 12.5 Å². The fourth-order valence-corrected chi connectivity index (χ4v) is 1.52. The smallest absolute Gasteiger partial charge is 0.221 e. The first-order valence-corrected chi connectivity index (χ1v) is 6.52. The largest absolute Gasteiger partial charge is 0.497 e. The van der Waals surface area contributed by atoms with E-state index in [1.807, 2.05) is 0 Å². The number of carbonyl (C=O) groups is 1. The van der Waals surface area contributed by atoms with E-state index in [1.165, 1.54) is 0 Å². The molecule has 1 amide bonds. The minimum Gasteiger partial charge on any atom is -0.497 e. The van der Waals surface area contributed by atoms with Crippen molar-refractivity contribution in [2.24, 2.45) is 0 Å². The highest BCUT2D eigenvalue weighted by Gasteiger charge is 2.05. The second-order valence-corrected chi connectivity index (χ2v) is 4.27. The van der Waals surface area contributed by atoms with Gasteiger partial charge in [-0.3, -0.25) is 4.79 Å². The number of carbonyl (C=O) groups excluding carboxylic acids is 1. The summed E-state index contributed by atoms with van der Waals surface area (Å²) in [4.78, 5) is 11.0. The molecule has 0 fully saturated rings. The van der Waals surface area contributed by atoms with Gasteiger partial charge < -0.3 is 25.2 Å². The molecule has 0 aliphatic heterocycles. The van der Waals surface area contributed by atoms with Gasteiger partial charge in [0.2, 0.25) is 5.91 Å². The quantitative estimate of drug-likeness (QED) is 0.562. The third-order valence-electron chi connectivity index (χ3n) is 2.69. The zero-order valence-electron chi connectivity index (χ0n) is 11.9. The molecule has 0 saturated carbocycles. The van der Waals surface area contributed by atoms with Crippen LogP contribution in [-0.2, 0) is 4.79 Å². The first-order valence-electron chi connectivity index (χ1n) is 6.52. The summed E-state index contributed by atoms with van der Waals surface area (Å²) in [6.45, 7) is 1.10. The zero-order valence-corrected chi connectivity index (χ0v) is 11.9. The van der Waals surface area contributed by atoms with Crippen LogP contribution < -0.4 is 20.1 Å². The highest BCUT2D eigenvalue weighted by Crippen LogP contribution is 2.16. The predicted molar refractivity (Wildman–Crippen MR) is 76.0 cm³/mol. The molecule has 1 unspecified atom stereocenters. The summed E-state index contributed by atoms with van der Waals surface area (Å²) in [5.74, 6) is 1.41. The molecule has 3 N–H and O–H groups in total. The fraction of sp³-hybridized carbons (Fsp3) is 0.500. The van der Waals surface area contributed by atoms with Gasteiger partial charge >= 0.3 is 0 Å². The molecule has 6 heteroatoms. The molecule has 1 aromatic rings. The van der Waals surface area contributed by atoms with E-state index in [2.05, 4.69) is 10.6 Å². The Balaban J connectivity index is 2.15. The number of hydrogen-bond donors (Lipinski definition) is 3. The van der Waals surface area contributed by atoms with E-state index >= 15 is 0 Å². The maximum Gasteiger partial charge on any atom is 0.221 e. The summed E-state index contributed by atoms with van der Waals surface area (Å²) in [5.41, 5.74) is 0. The van der Waals surface area contributed by atoms with E-state index in [0.717, 1.165) is 5.75 Å². The summed E-state index contributed by atoms with van der Waals surface area (Å²) in [7, 11) is 3.20. The van der Waals surface area contributed by atoms with Crippen LogP contribution in [0.15, 0.2) is 24.3 Å². The average Bonchev–Trinajstić information content (AvgIpc) is 2.49. The van der Waals surface area contributed by atoms with E-state index in [4.69, 9.17) is 9.47 Å². The summed E-state index contributed by atoms with van der Waals surface area (Å²) in [6.07, 6.45) is -0.232. The molecule has 0 radical (unpaired) electrons. The lowest BCUT2D eigenvalue weighted by Crippen LogP contribution is -2.33. The Morgan fingerprint density at radius 3 is 2.55 bits per heavy atom. The molecule has 0 saturated heterocycles. The van der Waals surface area contributed by atoms with Gasteiger partial charge in [-0.1, -0.05) is 0 Å². The topological polar surface area (TPSA) is 79.8 Å². The summed E-state index contributed by atoms with van der Waals surface area (Å²) in [5, 5.41) is 15.2. The molecule has 0 aliphatic carbocycles. The standard InChI is InChI=1S/C14H22N2O4/c1-15-14(18)7-8-16-9-11(17)10-20-13-5-3-12(19-2)4-6-13/h3-6,11,16-17H,7-10H2,1-2H3,(H,15,18). The van der Waals surface area contributed by atoms with Crippen LogP contribution in [-0.4, -0.2) is 51.0 Å². The second kappa shape index (κ2) is 9.17. The predicted octanol–water partition coefficient (Wildman–Crippen LogP) is 0.161. The van der Waals surface area contributed by atoms with Gasteiger partial charge in [-0.05, 0) is 24.3 Å². The number of hydrogen-bond acceptors (Lipinski definition) is 5. The molecule has 0 spiro atoms. The van der Waals surface area contributed by atoms with Crippen molar-refractivity contribution in [1.82, 2.24) is 10.6 Å². The minimum atomic E-state index is -0.623. The number of amides is 1. The minimum absolute atomic E-state index is 0.0264. The van der Waals surface area contributed by atoms with Crippen molar-refractivity contribution >= 4 is 5.91 Å². The molecule has 1 atom stereocenters. The van der Waals surface area contributed by atoms with E-state index < -0.39 is 6.10 Å². The van der Waals surface area contributed by atoms with Crippen LogP contribution in [0.3, 0.4) is 0 Å². The molecule has 6 nitrogen and oxygen atoms in total. The Morgan fingerprint density at radius 2 is 1.95 bits per heavy atom. The van der Waals surface area contributed by atoms with Crippen LogP contribution in [0.25, 0.3) is 0 Å². The third kappa shape index (κ3) is 6.40. The molecule has 1 aromatic carbocycles. The number of benzene rings is 1. The number of methoxy groups -OCH3 is 1. The van der Waals surface area contributed by atoms with Gasteiger partial charge in [0.25, 0.3) is 0 Å². The van der Waals surface area contributed by atoms with E-state index in [9.17, 15) is 9.90 Å². The molecular weight excluding hydrogens is 260 g/mol. The average molecular weight is 282 g/mol. The molecule has 0 bridgehead atoms. The molecular formula is C14H22N2O4. The van der Waals surface area contributed by atoms with E-state index in [1.54, 1.807) is 38.4 Å². The Morgan fingerprint density at radius 1 is 1.30 bits per heavy atom.